The number of halogens is 1. The Morgan fingerprint density at radius 1 is 1.14 bits per heavy atom. The van der Waals surface area contributed by atoms with Gasteiger partial charge in [-0.15, -0.1) is 12.4 Å². The van der Waals surface area contributed by atoms with Crippen LogP contribution in [0, 0.1) is 18.8 Å². The number of hydrogen-bond acceptors (Lipinski definition) is 5. The highest BCUT2D eigenvalue weighted by molar-refractivity contribution is 5.85. The maximum absolute atomic E-state index is 11.6. The first-order valence-electron chi connectivity index (χ1n) is 6.65. The monoisotopic (exact) mass is 315 g/mol. The van der Waals surface area contributed by atoms with E-state index in [0.29, 0.717) is 17.0 Å². The quantitative estimate of drug-likeness (QED) is 0.781. The fourth-order valence-electron chi connectivity index (χ4n) is 1.28. The Morgan fingerprint density at radius 3 is 2.24 bits per heavy atom. The van der Waals surface area contributed by atoms with Crippen LogP contribution in [0.5, 0.6) is 5.75 Å². The molecule has 6 heteroatoms. The molecule has 1 aromatic rings. The molecule has 5 nitrogen and oxygen atoms in total. The van der Waals surface area contributed by atoms with E-state index in [1.807, 2.05) is 0 Å². The lowest BCUT2D eigenvalue weighted by molar-refractivity contribution is -0.148. The maximum Gasteiger partial charge on any atom is 0.313 e. The van der Waals surface area contributed by atoms with E-state index in [4.69, 9.17) is 9.47 Å². The molecule has 1 aromatic heterocycles. The number of rotatable bonds is 5. The third-order valence-electron chi connectivity index (χ3n) is 2.63. The van der Waals surface area contributed by atoms with Crippen LogP contribution in [0.4, 0.5) is 0 Å². The minimum absolute atomic E-state index is 0. The van der Waals surface area contributed by atoms with E-state index in [0.717, 1.165) is 0 Å². The van der Waals surface area contributed by atoms with Crippen molar-refractivity contribution in [2.45, 2.75) is 41.2 Å². The molecule has 0 unspecified atom stereocenters. The van der Waals surface area contributed by atoms with Crippen molar-refractivity contribution in [3.8, 4) is 5.75 Å². The van der Waals surface area contributed by atoms with Gasteiger partial charge in [0.15, 0.2) is 5.75 Å². The van der Waals surface area contributed by atoms with Crippen LogP contribution in [-0.2, 0) is 20.9 Å². The molecule has 0 fully saturated rings. The maximum atomic E-state index is 11.6. The molecule has 0 aliphatic heterocycles. The van der Waals surface area contributed by atoms with Crippen LogP contribution in [0.2, 0.25) is 0 Å². The summed E-state index contributed by atoms with van der Waals surface area (Å²) >= 11 is 0. The zero-order valence-corrected chi connectivity index (χ0v) is 13.8. The first kappa shape index (κ1) is 19.4. The van der Waals surface area contributed by atoms with Gasteiger partial charge < -0.3 is 9.47 Å². The SMILES string of the molecule is Cc1ncc(COC(=O)C(C)C)cc1OC(=O)C(C)C.Cl. The van der Waals surface area contributed by atoms with Crippen LogP contribution < -0.4 is 4.74 Å². The molecular weight excluding hydrogens is 294 g/mol. The molecule has 1 rings (SSSR count). The van der Waals surface area contributed by atoms with Gasteiger partial charge in [0.2, 0.25) is 0 Å². The fraction of sp³-hybridized carbons (Fsp3) is 0.533. The van der Waals surface area contributed by atoms with E-state index in [1.165, 1.54) is 0 Å². The molecule has 0 saturated heterocycles. The number of aryl methyl sites for hydroxylation is 1. The minimum Gasteiger partial charge on any atom is -0.461 e. The van der Waals surface area contributed by atoms with Crippen LogP contribution >= 0.6 is 12.4 Å². The van der Waals surface area contributed by atoms with Gasteiger partial charge in [-0.2, -0.15) is 0 Å². The highest BCUT2D eigenvalue weighted by Crippen LogP contribution is 2.19. The van der Waals surface area contributed by atoms with Gasteiger partial charge in [0.1, 0.15) is 6.61 Å². The minimum atomic E-state index is -0.314. The van der Waals surface area contributed by atoms with E-state index < -0.39 is 0 Å². The van der Waals surface area contributed by atoms with Crippen molar-refractivity contribution in [2.75, 3.05) is 0 Å². The first-order valence-corrected chi connectivity index (χ1v) is 6.65. The molecule has 0 amide bonds. The molecule has 0 radical (unpaired) electrons. The summed E-state index contributed by atoms with van der Waals surface area (Å²) in [5.74, 6) is -0.567. The second-order valence-electron chi connectivity index (χ2n) is 5.27. The lowest BCUT2D eigenvalue weighted by Gasteiger charge is -2.11. The normalized spacial score (nSPS) is 10.2. The van der Waals surface area contributed by atoms with Crippen molar-refractivity contribution in [1.82, 2.24) is 4.98 Å². The largest absolute Gasteiger partial charge is 0.461 e. The number of esters is 2. The Kier molecular flexibility index (Phi) is 7.95. The number of hydrogen-bond donors (Lipinski definition) is 0. The number of nitrogens with zero attached hydrogens (tertiary/aromatic N) is 1. The molecule has 1 heterocycles. The van der Waals surface area contributed by atoms with Gasteiger partial charge in [-0.1, -0.05) is 27.7 Å². The predicted octanol–water partition coefficient (Wildman–Crippen LogP) is 3.07. The second kappa shape index (κ2) is 8.62. The smallest absolute Gasteiger partial charge is 0.313 e. The summed E-state index contributed by atoms with van der Waals surface area (Å²) in [6, 6.07) is 1.68. The molecule has 0 N–H and O–H groups in total. The van der Waals surface area contributed by atoms with Crippen molar-refractivity contribution >= 4 is 24.3 Å². The van der Waals surface area contributed by atoms with Crippen LogP contribution in [-0.4, -0.2) is 16.9 Å². The molecule has 0 aromatic carbocycles. The molecule has 0 aliphatic rings. The Labute approximate surface area is 131 Å². The Morgan fingerprint density at radius 2 is 1.71 bits per heavy atom. The number of aromatic nitrogens is 1. The van der Waals surface area contributed by atoms with E-state index in [-0.39, 0.29) is 42.8 Å². The Hall–Kier alpha value is -1.62. The van der Waals surface area contributed by atoms with E-state index >= 15 is 0 Å². The van der Waals surface area contributed by atoms with E-state index in [1.54, 1.807) is 46.9 Å². The van der Waals surface area contributed by atoms with Crippen LogP contribution in [0.15, 0.2) is 12.3 Å². The third kappa shape index (κ3) is 6.12. The number of ether oxygens (including phenoxy) is 2. The van der Waals surface area contributed by atoms with Gasteiger partial charge in [0.05, 0.1) is 17.5 Å². The molecule has 118 valence electrons. The number of carbonyl (C=O) groups excluding carboxylic acids is 2. The molecule has 21 heavy (non-hydrogen) atoms. The lowest BCUT2D eigenvalue weighted by Crippen LogP contribution is -2.16. The van der Waals surface area contributed by atoms with Crippen LogP contribution in [0.25, 0.3) is 0 Å². The summed E-state index contributed by atoms with van der Waals surface area (Å²) in [5, 5.41) is 0. The summed E-state index contributed by atoms with van der Waals surface area (Å²) in [6.07, 6.45) is 1.61. The summed E-state index contributed by atoms with van der Waals surface area (Å²) in [6.45, 7) is 8.94. The number of carbonyl (C=O) groups is 2. The molecular formula is C15H22ClNO4. The standard InChI is InChI=1S/C15H21NO4.ClH/c1-9(2)14(17)19-8-12-6-13(11(5)16-7-12)20-15(18)10(3)4;/h6-7,9-10H,8H2,1-5H3;1H. The summed E-state index contributed by atoms with van der Waals surface area (Å²) < 4.78 is 10.4. The van der Waals surface area contributed by atoms with Gasteiger partial charge in [-0.05, 0) is 13.0 Å². The lowest BCUT2D eigenvalue weighted by atomic mass is 10.2. The molecule has 0 bridgehead atoms. The topological polar surface area (TPSA) is 65.5 Å². The Bertz CT molecular complexity index is 500. The highest BCUT2D eigenvalue weighted by atomic mass is 35.5. The van der Waals surface area contributed by atoms with E-state index in [2.05, 4.69) is 4.98 Å². The van der Waals surface area contributed by atoms with Crippen molar-refractivity contribution in [3.05, 3.63) is 23.5 Å². The first-order chi connectivity index (χ1) is 9.31. The van der Waals surface area contributed by atoms with Gasteiger partial charge in [0, 0.05) is 11.8 Å². The van der Waals surface area contributed by atoms with E-state index in [9.17, 15) is 9.59 Å². The number of pyridine rings is 1. The summed E-state index contributed by atoms with van der Waals surface area (Å²) in [5.41, 5.74) is 1.31. The van der Waals surface area contributed by atoms with Crippen LogP contribution in [0.1, 0.15) is 39.0 Å². The van der Waals surface area contributed by atoms with Gasteiger partial charge in [-0.3, -0.25) is 14.6 Å². The van der Waals surface area contributed by atoms with Gasteiger partial charge in [-0.25, -0.2) is 0 Å². The molecule has 0 aliphatic carbocycles. The zero-order valence-electron chi connectivity index (χ0n) is 13.0. The summed E-state index contributed by atoms with van der Waals surface area (Å²) in [7, 11) is 0. The van der Waals surface area contributed by atoms with Gasteiger partial charge >= 0.3 is 11.9 Å². The third-order valence-corrected chi connectivity index (χ3v) is 2.63. The van der Waals surface area contributed by atoms with Crippen molar-refractivity contribution < 1.29 is 19.1 Å². The van der Waals surface area contributed by atoms with Crippen molar-refractivity contribution in [1.29, 1.82) is 0 Å². The van der Waals surface area contributed by atoms with Crippen molar-refractivity contribution in [2.24, 2.45) is 11.8 Å². The second-order valence-corrected chi connectivity index (χ2v) is 5.27. The predicted molar refractivity (Wildman–Crippen MR) is 81.3 cm³/mol. The average molecular weight is 316 g/mol. The molecule has 0 spiro atoms. The fourth-order valence-corrected chi connectivity index (χ4v) is 1.28. The highest BCUT2D eigenvalue weighted by Gasteiger charge is 2.14. The van der Waals surface area contributed by atoms with Crippen molar-refractivity contribution in [3.63, 3.8) is 0 Å². The molecule has 0 atom stereocenters. The summed E-state index contributed by atoms with van der Waals surface area (Å²) in [4.78, 5) is 27.1. The Balaban J connectivity index is 0.00000400. The van der Waals surface area contributed by atoms with Gasteiger partial charge in [0.25, 0.3) is 0 Å². The van der Waals surface area contributed by atoms with Crippen LogP contribution in [0.3, 0.4) is 0 Å². The molecule has 0 saturated carbocycles. The zero-order chi connectivity index (χ0) is 15.3. The average Bonchev–Trinajstić information content (AvgIpc) is 2.38.